The van der Waals surface area contributed by atoms with Crippen LogP contribution in [-0.4, -0.2) is 78.7 Å². The number of hydrogen-bond acceptors (Lipinski definition) is 6. The van der Waals surface area contributed by atoms with Gasteiger partial charge in [-0.3, -0.25) is 14.5 Å². The highest BCUT2D eigenvalue weighted by molar-refractivity contribution is 6.07. The number of ether oxygens (including phenoxy) is 1. The van der Waals surface area contributed by atoms with E-state index in [1.54, 1.807) is 6.08 Å². The van der Waals surface area contributed by atoms with Gasteiger partial charge in [0.05, 0.1) is 29.1 Å². The summed E-state index contributed by atoms with van der Waals surface area (Å²) in [4.78, 5) is 44.9. The van der Waals surface area contributed by atoms with Crippen molar-refractivity contribution in [3.8, 4) is 0 Å². The van der Waals surface area contributed by atoms with Crippen molar-refractivity contribution in [1.29, 1.82) is 0 Å². The number of hydrogen-bond donors (Lipinski definition) is 2. The first kappa shape index (κ1) is 31.1. The average molecular weight is 594 g/mol. The monoisotopic (exact) mass is 593 g/mol. The van der Waals surface area contributed by atoms with Gasteiger partial charge in [-0.15, -0.1) is 0 Å². The number of nitrogens with one attached hydrogen (secondary N) is 2. The second-order valence-corrected chi connectivity index (χ2v) is 11.3. The first-order chi connectivity index (χ1) is 19.6. The summed E-state index contributed by atoms with van der Waals surface area (Å²) < 4.78 is 62.1. The SMILES string of the molecule is CC(C)COC(=O)N1CC=C(c2cc(NC(=O)c3c[nH]c(=O)cc3C(F)(F)F)c(N3C[C@@H](C)N(C)[C@@H](C)C3)cc2F)C1. The molecule has 0 spiro atoms. The topological polar surface area (TPSA) is 98.0 Å². The normalized spacial score (nSPS) is 19.7. The molecule has 2 N–H and O–H groups in total. The molecule has 0 unspecified atom stereocenters. The van der Waals surface area contributed by atoms with Crippen LogP contribution in [0.25, 0.3) is 5.57 Å². The molecule has 1 aromatic carbocycles. The van der Waals surface area contributed by atoms with Gasteiger partial charge in [0.1, 0.15) is 5.82 Å². The highest BCUT2D eigenvalue weighted by Crippen LogP contribution is 2.37. The van der Waals surface area contributed by atoms with Gasteiger partial charge in [0.25, 0.3) is 5.91 Å². The summed E-state index contributed by atoms with van der Waals surface area (Å²) in [6, 6.07) is 3.10. The van der Waals surface area contributed by atoms with Crippen LogP contribution in [0.4, 0.5) is 33.7 Å². The molecule has 42 heavy (non-hydrogen) atoms. The predicted molar refractivity (Wildman–Crippen MR) is 151 cm³/mol. The van der Waals surface area contributed by atoms with Crippen LogP contribution < -0.4 is 15.8 Å². The van der Waals surface area contributed by atoms with Gasteiger partial charge >= 0.3 is 12.3 Å². The highest BCUT2D eigenvalue weighted by atomic mass is 19.4. The van der Waals surface area contributed by atoms with E-state index in [0.717, 1.165) is 0 Å². The molecule has 2 aliphatic rings. The number of anilines is 2. The van der Waals surface area contributed by atoms with Crippen molar-refractivity contribution in [3.63, 3.8) is 0 Å². The zero-order valence-corrected chi connectivity index (χ0v) is 24.1. The molecule has 1 saturated heterocycles. The van der Waals surface area contributed by atoms with Crippen LogP contribution in [0.2, 0.25) is 0 Å². The molecule has 13 heteroatoms. The Bertz CT molecular complexity index is 1430. The number of carbonyl (C=O) groups excluding carboxylic acids is 2. The van der Waals surface area contributed by atoms with E-state index in [-0.39, 0.29) is 48.9 Å². The highest BCUT2D eigenvalue weighted by Gasteiger charge is 2.36. The molecule has 3 heterocycles. The largest absolute Gasteiger partial charge is 0.449 e. The van der Waals surface area contributed by atoms with Gasteiger partial charge in [-0.1, -0.05) is 19.9 Å². The zero-order chi connectivity index (χ0) is 30.9. The second kappa shape index (κ2) is 12.2. The molecule has 0 saturated carbocycles. The van der Waals surface area contributed by atoms with Gasteiger partial charge in [-0.25, -0.2) is 9.18 Å². The number of nitrogens with zero attached hydrogens (tertiary/aromatic N) is 3. The fourth-order valence-corrected chi connectivity index (χ4v) is 5.07. The Morgan fingerprint density at radius 3 is 2.43 bits per heavy atom. The van der Waals surface area contributed by atoms with Crippen LogP contribution in [0, 0.1) is 11.7 Å². The van der Waals surface area contributed by atoms with Gasteiger partial charge in [-0.05, 0) is 44.5 Å². The van der Waals surface area contributed by atoms with Crippen LogP contribution >= 0.6 is 0 Å². The van der Waals surface area contributed by atoms with Crippen LogP contribution in [0.1, 0.15) is 49.2 Å². The molecule has 0 radical (unpaired) electrons. The summed E-state index contributed by atoms with van der Waals surface area (Å²) >= 11 is 0. The molecule has 4 rings (SSSR count). The van der Waals surface area contributed by atoms with E-state index in [2.05, 4.69) is 15.2 Å². The van der Waals surface area contributed by atoms with Crippen molar-refractivity contribution in [3.05, 3.63) is 63.3 Å². The first-order valence-electron chi connectivity index (χ1n) is 13.7. The summed E-state index contributed by atoms with van der Waals surface area (Å²) in [5, 5.41) is 2.54. The Balaban J connectivity index is 1.71. The minimum absolute atomic E-state index is 0.0568. The summed E-state index contributed by atoms with van der Waals surface area (Å²) in [5.41, 5.74) is -2.20. The van der Waals surface area contributed by atoms with E-state index < -0.39 is 40.7 Å². The standard InChI is InChI=1S/C29H35F4N5O4/c1-16(2)15-42-28(41)37-7-6-19(14-37)20-8-24(25(10-23(20)30)38-12-17(3)36(5)18(4)13-38)35-27(40)21-11-34-26(39)9-22(21)29(31,32)33/h6,8-11,16-18H,7,12-15H2,1-5H3,(H,34,39)(H,35,40)/t17-,18+. The molecule has 0 aliphatic carbocycles. The average Bonchev–Trinajstić information content (AvgIpc) is 3.40. The lowest BCUT2D eigenvalue weighted by Gasteiger charge is -2.44. The molecular weight excluding hydrogens is 558 g/mol. The molecule has 1 fully saturated rings. The summed E-state index contributed by atoms with van der Waals surface area (Å²) in [5.74, 6) is -1.58. The maximum Gasteiger partial charge on any atom is 0.417 e. The minimum Gasteiger partial charge on any atom is -0.449 e. The van der Waals surface area contributed by atoms with E-state index in [0.29, 0.717) is 36.6 Å². The van der Waals surface area contributed by atoms with Crippen molar-refractivity contribution in [2.24, 2.45) is 5.92 Å². The lowest BCUT2D eigenvalue weighted by atomic mass is 10.0. The van der Waals surface area contributed by atoms with Crippen molar-refractivity contribution >= 4 is 28.9 Å². The van der Waals surface area contributed by atoms with E-state index in [9.17, 15) is 27.6 Å². The van der Waals surface area contributed by atoms with Crippen LogP contribution in [-0.2, 0) is 10.9 Å². The summed E-state index contributed by atoms with van der Waals surface area (Å²) in [6.45, 7) is 9.24. The number of H-pyrrole nitrogens is 1. The Morgan fingerprint density at radius 2 is 1.81 bits per heavy atom. The van der Waals surface area contributed by atoms with Gasteiger partial charge < -0.3 is 24.8 Å². The van der Waals surface area contributed by atoms with E-state index in [1.165, 1.54) is 17.0 Å². The van der Waals surface area contributed by atoms with Gasteiger partial charge in [-0.2, -0.15) is 13.2 Å². The van der Waals surface area contributed by atoms with E-state index in [1.807, 2.05) is 39.6 Å². The Kier molecular flexibility index (Phi) is 9.00. The molecule has 2 amide bonds. The zero-order valence-electron chi connectivity index (χ0n) is 24.1. The molecular formula is C29H35F4N5O4. The lowest BCUT2D eigenvalue weighted by molar-refractivity contribution is -0.138. The fraction of sp³-hybridized carbons (Fsp3) is 0.483. The number of aromatic amines is 1. The Morgan fingerprint density at radius 1 is 1.14 bits per heavy atom. The number of aromatic nitrogens is 1. The second-order valence-electron chi connectivity index (χ2n) is 11.3. The smallest absolute Gasteiger partial charge is 0.417 e. The predicted octanol–water partition coefficient (Wildman–Crippen LogP) is 4.81. The first-order valence-corrected chi connectivity index (χ1v) is 13.7. The number of pyridine rings is 1. The molecule has 1 aromatic heterocycles. The molecule has 9 nitrogen and oxygen atoms in total. The third-order valence-electron chi connectivity index (χ3n) is 7.57. The van der Waals surface area contributed by atoms with Crippen molar-refractivity contribution < 1.29 is 31.9 Å². The number of likely N-dealkylation sites (N-methyl/N-ethyl adjacent to an activating group) is 1. The van der Waals surface area contributed by atoms with Crippen LogP contribution in [0.3, 0.4) is 0 Å². The molecule has 228 valence electrons. The van der Waals surface area contributed by atoms with Crippen molar-refractivity contribution in [1.82, 2.24) is 14.8 Å². The van der Waals surface area contributed by atoms with Gasteiger partial charge in [0, 0.05) is 56.1 Å². The number of carbonyl (C=O) groups is 2. The minimum atomic E-state index is -4.96. The maximum atomic E-state index is 15.7. The molecule has 2 aliphatic heterocycles. The Hall–Kier alpha value is -3.87. The van der Waals surface area contributed by atoms with Crippen LogP contribution in [0.15, 0.2) is 35.3 Å². The maximum absolute atomic E-state index is 15.7. The number of amides is 2. The third-order valence-corrected chi connectivity index (χ3v) is 7.57. The number of rotatable bonds is 6. The summed E-state index contributed by atoms with van der Waals surface area (Å²) in [6.07, 6.45) is -3.12. The van der Waals surface area contributed by atoms with Crippen LogP contribution in [0.5, 0.6) is 0 Å². The quantitative estimate of drug-likeness (QED) is 0.467. The molecule has 2 atom stereocenters. The number of piperazine rings is 1. The molecule has 0 bridgehead atoms. The van der Waals surface area contributed by atoms with E-state index in [4.69, 9.17) is 4.74 Å². The van der Waals surface area contributed by atoms with Gasteiger partial charge in [0.15, 0.2) is 0 Å². The Labute approximate surface area is 241 Å². The number of halogens is 4. The van der Waals surface area contributed by atoms with Crippen molar-refractivity contribution in [2.75, 3.05) is 50.1 Å². The lowest BCUT2D eigenvalue weighted by Crippen LogP contribution is -2.55. The van der Waals surface area contributed by atoms with E-state index >= 15 is 4.39 Å². The number of alkyl halides is 3. The fourth-order valence-electron chi connectivity index (χ4n) is 5.07. The number of benzene rings is 1. The van der Waals surface area contributed by atoms with Gasteiger partial charge in [0.2, 0.25) is 5.56 Å². The van der Waals surface area contributed by atoms with Crippen molar-refractivity contribution in [2.45, 2.75) is 46.0 Å². The molecule has 2 aromatic rings. The third kappa shape index (κ3) is 6.77. The summed E-state index contributed by atoms with van der Waals surface area (Å²) in [7, 11) is 1.97.